The Bertz CT molecular complexity index is 820. The van der Waals surface area contributed by atoms with Gasteiger partial charge in [-0.2, -0.15) is 0 Å². The van der Waals surface area contributed by atoms with E-state index in [1.165, 1.54) is 12.3 Å². The van der Waals surface area contributed by atoms with Gasteiger partial charge in [-0.1, -0.05) is 0 Å². The number of anilines is 2. The Morgan fingerprint density at radius 1 is 1.11 bits per heavy atom. The Morgan fingerprint density at radius 3 is 2.54 bits per heavy atom. The molecule has 1 saturated heterocycles. The number of carbonyl (C=O) groups excluding carboxylic acids is 2. The van der Waals surface area contributed by atoms with Crippen molar-refractivity contribution in [1.82, 2.24) is 14.9 Å². The Labute approximate surface area is 164 Å². The highest BCUT2D eigenvalue weighted by Crippen LogP contribution is 2.19. The number of pyridine rings is 2. The van der Waals surface area contributed by atoms with Crippen LogP contribution in [0.15, 0.2) is 36.7 Å². The lowest BCUT2D eigenvalue weighted by atomic mass is 10.1. The first-order chi connectivity index (χ1) is 13.4. The minimum atomic E-state index is -0.553. The van der Waals surface area contributed by atoms with E-state index >= 15 is 0 Å². The number of aromatic nitrogens is 2. The van der Waals surface area contributed by atoms with E-state index in [1.54, 1.807) is 6.07 Å². The summed E-state index contributed by atoms with van der Waals surface area (Å²) in [5.74, 6) is 0.245. The van der Waals surface area contributed by atoms with Crippen LogP contribution in [0, 0.1) is 0 Å². The lowest BCUT2D eigenvalue weighted by Crippen LogP contribution is -2.33. The molecule has 8 heteroatoms. The van der Waals surface area contributed by atoms with Crippen molar-refractivity contribution in [3.8, 4) is 0 Å². The minimum Gasteiger partial charge on any atom is -0.381 e. The SMILES string of the molecule is CN(C)c1ccc(N[C@H]2CCCN(C(=O)c3ccc(C(N)=O)cn3)CC2)cn1. The molecule has 3 rings (SSSR count). The minimum absolute atomic E-state index is 0.117. The van der Waals surface area contributed by atoms with E-state index in [4.69, 9.17) is 5.73 Å². The van der Waals surface area contributed by atoms with Gasteiger partial charge in [0.1, 0.15) is 11.5 Å². The van der Waals surface area contributed by atoms with E-state index in [-0.39, 0.29) is 11.9 Å². The summed E-state index contributed by atoms with van der Waals surface area (Å²) in [4.78, 5) is 36.2. The third-order valence-electron chi connectivity index (χ3n) is 4.86. The van der Waals surface area contributed by atoms with Crippen molar-refractivity contribution >= 4 is 23.3 Å². The highest BCUT2D eigenvalue weighted by molar-refractivity contribution is 5.95. The largest absolute Gasteiger partial charge is 0.381 e. The lowest BCUT2D eigenvalue weighted by Gasteiger charge is -2.21. The third-order valence-corrected chi connectivity index (χ3v) is 4.86. The number of nitrogens with two attached hydrogens (primary N) is 1. The molecule has 0 aliphatic carbocycles. The van der Waals surface area contributed by atoms with Crippen LogP contribution in [0.4, 0.5) is 11.5 Å². The van der Waals surface area contributed by atoms with Gasteiger partial charge in [-0.25, -0.2) is 4.98 Å². The van der Waals surface area contributed by atoms with Crippen LogP contribution >= 0.6 is 0 Å². The summed E-state index contributed by atoms with van der Waals surface area (Å²) in [5.41, 5.74) is 6.83. The molecule has 0 spiro atoms. The molecule has 0 aromatic carbocycles. The molecule has 8 nitrogen and oxygen atoms in total. The Balaban J connectivity index is 1.58. The third kappa shape index (κ3) is 4.76. The maximum Gasteiger partial charge on any atom is 0.272 e. The molecular formula is C20H26N6O2. The van der Waals surface area contributed by atoms with Crippen LogP contribution in [0.3, 0.4) is 0 Å². The van der Waals surface area contributed by atoms with Crippen LogP contribution in [0.25, 0.3) is 0 Å². The van der Waals surface area contributed by atoms with Crippen molar-refractivity contribution in [2.45, 2.75) is 25.3 Å². The maximum absolute atomic E-state index is 12.7. The number of amides is 2. The highest BCUT2D eigenvalue weighted by Gasteiger charge is 2.22. The van der Waals surface area contributed by atoms with Gasteiger partial charge in [0.15, 0.2) is 0 Å². The second-order valence-electron chi connectivity index (χ2n) is 7.16. The Morgan fingerprint density at radius 2 is 1.93 bits per heavy atom. The van der Waals surface area contributed by atoms with Crippen LogP contribution in [0.1, 0.15) is 40.1 Å². The smallest absolute Gasteiger partial charge is 0.272 e. The predicted octanol–water partition coefficient (Wildman–Crippen LogP) is 1.75. The predicted molar refractivity (Wildman–Crippen MR) is 108 cm³/mol. The molecular weight excluding hydrogens is 356 g/mol. The van der Waals surface area contributed by atoms with Crippen LogP contribution in [-0.2, 0) is 0 Å². The molecule has 148 valence electrons. The van der Waals surface area contributed by atoms with Crippen LogP contribution < -0.4 is 16.0 Å². The number of rotatable bonds is 5. The molecule has 0 radical (unpaired) electrons. The molecule has 2 aromatic heterocycles. The Hall–Kier alpha value is -3.16. The van der Waals surface area contributed by atoms with Crippen molar-refractivity contribution in [2.75, 3.05) is 37.4 Å². The number of nitrogens with one attached hydrogen (secondary N) is 1. The van der Waals surface area contributed by atoms with Gasteiger partial charge in [0.2, 0.25) is 5.91 Å². The number of hydrogen-bond acceptors (Lipinski definition) is 6. The molecule has 2 amide bonds. The molecule has 0 saturated carbocycles. The van der Waals surface area contributed by atoms with E-state index in [9.17, 15) is 9.59 Å². The monoisotopic (exact) mass is 382 g/mol. The fraction of sp³-hybridized carbons (Fsp3) is 0.400. The van der Waals surface area contributed by atoms with Gasteiger partial charge in [0.25, 0.3) is 5.91 Å². The molecule has 0 bridgehead atoms. The lowest BCUT2D eigenvalue weighted by molar-refractivity contribution is 0.0755. The molecule has 28 heavy (non-hydrogen) atoms. The number of primary amides is 1. The second kappa shape index (κ2) is 8.69. The number of likely N-dealkylation sites (tertiary alicyclic amines) is 1. The number of carbonyl (C=O) groups is 2. The van der Waals surface area contributed by atoms with Gasteiger partial charge >= 0.3 is 0 Å². The topological polar surface area (TPSA) is 104 Å². The van der Waals surface area contributed by atoms with Crippen molar-refractivity contribution in [3.05, 3.63) is 47.9 Å². The van der Waals surface area contributed by atoms with Crippen molar-refractivity contribution < 1.29 is 9.59 Å². The van der Waals surface area contributed by atoms with E-state index in [2.05, 4.69) is 15.3 Å². The molecule has 2 aromatic rings. The number of nitrogens with zero attached hydrogens (tertiary/aromatic N) is 4. The standard InChI is InChI=1S/C20H26N6O2/c1-25(2)18-8-6-16(13-23-18)24-15-4-3-10-26(11-9-15)20(28)17-7-5-14(12-22-17)19(21)27/h5-8,12-13,15,24H,3-4,9-11H2,1-2H3,(H2,21,27)/t15-/m0/s1. The zero-order chi connectivity index (χ0) is 20.1. The first-order valence-electron chi connectivity index (χ1n) is 9.39. The number of hydrogen-bond donors (Lipinski definition) is 2. The van der Waals surface area contributed by atoms with E-state index in [0.717, 1.165) is 30.8 Å². The molecule has 3 heterocycles. The second-order valence-corrected chi connectivity index (χ2v) is 7.16. The summed E-state index contributed by atoms with van der Waals surface area (Å²) in [6.07, 6.45) is 5.93. The fourth-order valence-corrected chi connectivity index (χ4v) is 3.24. The van der Waals surface area contributed by atoms with Crippen LogP contribution in [0.5, 0.6) is 0 Å². The quantitative estimate of drug-likeness (QED) is 0.816. The molecule has 1 atom stereocenters. The molecule has 1 aliphatic heterocycles. The molecule has 1 aliphatic rings. The van der Waals surface area contributed by atoms with Crippen molar-refractivity contribution in [1.29, 1.82) is 0 Å². The summed E-state index contributed by atoms with van der Waals surface area (Å²) in [6.45, 7) is 1.34. The van der Waals surface area contributed by atoms with E-state index in [1.807, 2.05) is 42.2 Å². The Kier molecular flexibility index (Phi) is 6.08. The van der Waals surface area contributed by atoms with Crippen molar-refractivity contribution in [2.24, 2.45) is 5.73 Å². The summed E-state index contributed by atoms with van der Waals surface area (Å²) >= 11 is 0. The summed E-state index contributed by atoms with van der Waals surface area (Å²) in [5, 5.41) is 3.52. The van der Waals surface area contributed by atoms with Gasteiger partial charge < -0.3 is 20.9 Å². The zero-order valence-corrected chi connectivity index (χ0v) is 16.3. The van der Waals surface area contributed by atoms with E-state index in [0.29, 0.717) is 24.3 Å². The maximum atomic E-state index is 12.7. The van der Waals surface area contributed by atoms with Gasteiger partial charge in [-0.15, -0.1) is 0 Å². The fourth-order valence-electron chi connectivity index (χ4n) is 3.24. The average molecular weight is 382 g/mol. The van der Waals surface area contributed by atoms with Gasteiger partial charge in [0, 0.05) is 39.4 Å². The van der Waals surface area contributed by atoms with E-state index < -0.39 is 5.91 Å². The van der Waals surface area contributed by atoms with Gasteiger partial charge in [-0.3, -0.25) is 14.6 Å². The first kappa shape index (κ1) is 19.6. The van der Waals surface area contributed by atoms with Crippen LogP contribution in [0.2, 0.25) is 0 Å². The summed E-state index contributed by atoms with van der Waals surface area (Å²) in [6, 6.07) is 7.39. The summed E-state index contributed by atoms with van der Waals surface area (Å²) < 4.78 is 0. The highest BCUT2D eigenvalue weighted by atomic mass is 16.2. The normalized spacial score (nSPS) is 16.9. The molecule has 3 N–H and O–H groups in total. The van der Waals surface area contributed by atoms with Gasteiger partial charge in [0.05, 0.1) is 17.4 Å². The first-order valence-corrected chi connectivity index (χ1v) is 9.39. The summed E-state index contributed by atoms with van der Waals surface area (Å²) in [7, 11) is 3.92. The van der Waals surface area contributed by atoms with Crippen LogP contribution in [-0.4, -0.2) is 59.9 Å². The van der Waals surface area contributed by atoms with Gasteiger partial charge in [-0.05, 0) is 43.5 Å². The van der Waals surface area contributed by atoms with Crippen molar-refractivity contribution in [3.63, 3.8) is 0 Å². The average Bonchev–Trinajstić information content (AvgIpc) is 2.93. The molecule has 0 unspecified atom stereocenters. The molecule has 1 fully saturated rings. The zero-order valence-electron chi connectivity index (χ0n) is 16.3.